The normalized spacial score (nSPS) is 10.3. The zero-order valence-corrected chi connectivity index (χ0v) is 12.2. The minimum absolute atomic E-state index is 0.0459. The van der Waals surface area contributed by atoms with E-state index in [1.54, 1.807) is 14.0 Å². The molecule has 6 heteroatoms. The van der Waals surface area contributed by atoms with E-state index in [4.69, 9.17) is 4.74 Å². The molecule has 0 aliphatic carbocycles. The van der Waals surface area contributed by atoms with E-state index in [2.05, 4.69) is 0 Å². The van der Waals surface area contributed by atoms with Gasteiger partial charge in [0.2, 0.25) is 0 Å². The zero-order chi connectivity index (χ0) is 14.5. The van der Waals surface area contributed by atoms with Crippen LogP contribution in [0.25, 0.3) is 5.69 Å². The SMILES string of the molecule is CCOC(=O)CN(C)C(=O)c1sccc1-n1cccc1. The number of amides is 1. The molecule has 0 aliphatic rings. The van der Waals surface area contributed by atoms with Crippen molar-refractivity contribution in [3.05, 3.63) is 40.8 Å². The Bertz CT molecular complexity index is 589. The molecule has 0 saturated carbocycles. The maximum atomic E-state index is 12.4. The highest BCUT2D eigenvalue weighted by atomic mass is 32.1. The summed E-state index contributed by atoms with van der Waals surface area (Å²) in [7, 11) is 1.60. The summed E-state index contributed by atoms with van der Waals surface area (Å²) in [5.41, 5.74) is 0.820. The summed E-state index contributed by atoms with van der Waals surface area (Å²) in [6, 6.07) is 5.68. The largest absolute Gasteiger partial charge is 0.465 e. The van der Waals surface area contributed by atoms with Crippen LogP contribution in [0.3, 0.4) is 0 Å². The molecule has 0 radical (unpaired) electrons. The Hall–Kier alpha value is -2.08. The number of carbonyl (C=O) groups is 2. The van der Waals surface area contributed by atoms with Gasteiger partial charge in [-0.05, 0) is 30.5 Å². The molecule has 0 fully saturated rings. The Morgan fingerprint density at radius 3 is 2.70 bits per heavy atom. The average molecular weight is 292 g/mol. The lowest BCUT2D eigenvalue weighted by molar-refractivity contribution is -0.143. The van der Waals surface area contributed by atoms with Gasteiger partial charge in [-0.25, -0.2) is 0 Å². The van der Waals surface area contributed by atoms with Crippen LogP contribution < -0.4 is 0 Å². The predicted octanol–water partition coefficient (Wildman–Crippen LogP) is 2.17. The van der Waals surface area contributed by atoms with E-state index in [0.29, 0.717) is 11.5 Å². The van der Waals surface area contributed by atoms with Gasteiger partial charge >= 0.3 is 5.97 Å². The molecule has 0 bridgehead atoms. The van der Waals surface area contributed by atoms with Crippen molar-refractivity contribution in [1.29, 1.82) is 0 Å². The van der Waals surface area contributed by atoms with Crippen LogP contribution in [-0.2, 0) is 9.53 Å². The summed E-state index contributed by atoms with van der Waals surface area (Å²) < 4.78 is 6.72. The van der Waals surface area contributed by atoms with E-state index in [-0.39, 0.29) is 12.5 Å². The van der Waals surface area contributed by atoms with Gasteiger partial charge in [0.15, 0.2) is 0 Å². The quantitative estimate of drug-likeness (QED) is 0.794. The summed E-state index contributed by atoms with van der Waals surface area (Å²) in [5.74, 6) is -0.584. The first-order valence-electron chi connectivity index (χ1n) is 6.25. The number of hydrogen-bond donors (Lipinski definition) is 0. The third-order valence-electron chi connectivity index (χ3n) is 2.74. The van der Waals surface area contributed by atoms with Crippen LogP contribution in [-0.4, -0.2) is 41.5 Å². The summed E-state index contributed by atoms with van der Waals surface area (Å²) >= 11 is 1.36. The third kappa shape index (κ3) is 3.08. The van der Waals surface area contributed by atoms with Gasteiger partial charge in [-0.2, -0.15) is 0 Å². The van der Waals surface area contributed by atoms with Crippen LogP contribution in [0.15, 0.2) is 36.0 Å². The first kappa shape index (κ1) is 14.3. The Kier molecular flexibility index (Phi) is 4.57. The van der Waals surface area contributed by atoms with Gasteiger partial charge in [-0.15, -0.1) is 11.3 Å². The van der Waals surface area contributed by atoms with Crippen LogP contribution in [0, 0.1) is 0 Å². The number of hydrogen-bond acceptors (Lipinski definition) is 4. The summed E-state index contributed by atoms with van der Waals surface area (Å²) in [5, 5.41) is 1.86. The van der Waals surface area contributed by atoms with E-state index < -0.39 is 5.97 Å². The topological polar surface area (TPSA) is 51.5 Å². The van der Waals surface area contributed by atoms with Crippen molar-refractivity contribution in [3.63, 3.8) is 0 Å². The molecule has 1 amide bonds. The molecule has 0 atom stereocenters. The molecule has 0 N–H and O–H groups in total. The smallest absolute Gasteiger partial charge is 0.325 e. The van der Waals surface area contributed by atoms with Crippen LogP contribution in [0.1, 0.15) is 16.6 Å². The monoisotopic (exact) mass is 292 g/mol. The third-order valence-corrected chi connectivity index (χ3v) is 3.63. The predicted molar refractivity (Wildman–Crippen MR) is 77.2 cm³/mol. The number of rotatable bonds is 5. The Balaban J connectivity index is 2.14. The Morgan fingerprint density at radius 2 is 2.05 bits per heavy atom. The second kappa shape index (κ2) is 6.38. The van der Waals surface area contributed by atoms with E-state index in [1.807, 2.05) is 40.5 Å². The molecule has 5 nitrogen and oxygen atoms in total. The van der Waals surface area contributed by atoms with Gasteiger partial charge in [0, 0.05) is 19.4 Å². The second-order valence-corrected chi connectivity index (χ2v) is 5.11. The van der Waals surface area contributed by atoms with Gasteiger partial charge < -0.3 is 14.2 Å². The molecule has 20 heavy (non-hydrogen) atoms. The fourth-order valence-electron chi connectivity index (χ4n) is 1.81. The lowest BCUT2D eigenvalue weighted by Crippen LogP contribution is -2.33. The minimum atomic E-state index is -0.401. The molecular formula is C14H16N2O3S. The Morgan fingerprint density at radius 1 is 1.35 bits per heavy atom. The fourth-order valence-corrected chi connectivity index (χ4v) is 2.69. The van der Waals surface area contributed by atoms with Gasteiger partial charge in [0.05, 0.1) is 12.3 Å². The molecule has 2 heterocycles. The highest BCUT2D eigenvalue weighted by molar-refractivity contribution is 7.12. The lowest BCUT2D eigenvalue weighted by Gasteiger charge is -2.16. The fraction of sp³-hybridized carbons (Fsp3) is 0.286. The highest BCUT2D eigenvalue weighted by Gasteiger charge is 2.20. The van der Waals surface area contributed by atoms with Crippen molar-refractivity contribution in [3.8, 4) is 5.69 Å². The molecule has 2 rings (SSSR count). The number of thiophene rings is 1. The van der Waals surface area contributed by atoms with Crippen molar-refractivity contribution in [2.24, 2.45) is 0 Å². The number of aromatic nitrogens is 1. The van der Waals surface area contributed by atoms with Crippen molar-refractivity contribution in [2.45, 2.75) is 6.92 Å². The van der Waals surface area contributed by atoms with Gasteiger partial charge in [0.1, 0.15) is 11.4 Å². The number of likely N-dealkylation sites (N-methyl/N-ethyl adjacent to an activating group) is 1. The summed E-state index contributed by atoms with van der Waals surface area (Å²) in [4.78, 5) is 25.8. The number of nitrogens with zero attached hydrogens (tertiary/aromatic N) is 2. The molecule has 106 valence electrons. The molecular weight excluding hydrogens is 276 g/mol. The molecule has 2 aromatic heterocycles. The molecule has 0 unspecified atom stereocenters. The zero-order valence-electron chi connectivity index (χ0n) is 11.4. The first-order chi connectivity index (χ1) is 9.63. The van der Waals surface area contributed by atoms with Crippen molar-refractivity contribution >= 4 is 23.2 Å². The van der Waals surface area contributed by atoms with Crippen molar-refractivity contribution < 1.29 is 14.3 Å². The van der Waals surface area contributed by atoms with Gasteiger partial charge in [-0.1, -0.05) is 0 Å². The van der Waals surface area contributed by atoms with E-state index in [0.717, 1.165) is 5.69 Å². The summed E-state index contributed by atoms with van der Waals surface area (Å²) in [6.45, 7) is 2.01. The van der Waals surface area contributed by atoms with E-state index in [9.17, 15) is 9.59 Å². The van der Waals surface area contributed by atoms with Crippen LogP contribution in [0.4, 0.5) is 0 Å². The summed E-state index contributed by atoms with van der Waals surface area (Å²) in [6.07, 6.45) is 3.76. The second-order valence-electron chi connectivity index (χ2n) is 4.19. The molecule has 2 aromatic rings. The maximum absolute atomic E-state index is 12.4. The standard InChI is InChI=1S/C14H16N2O3S/c1-3-19-12(17)10-15(2)14(18)13-11(6-9-20-13)16-7-4-5-8-16/h4-9H,3,10H2,1-2H3. The maximum Gasteiger partial charge on any atom is 0.325 e. The molecule has 0 saturated heterocycles. The van der Waals surface area contributed by atoms with Crippen molar-refractivity contribution in [1.82, 2.24) is 9.47 Å². The van der Waals surface area contributed by atoms with Gasteiger partial charge in [-0.3, -0.25) is 9.59 Å². The highest BCUT2D eigenvalue weighted by Crippen LogP contribution is 2.22. The molecule has 0 spiro atoms. The average Bonchev–Trinajstić information content (AvgIpc) is 3.08. The minimum Gasteiger partial charge on any atom is -0.465 e. The number of esters is 1. The van der Waals surface area contributed by atoms with E-state index in [1.165, 1.54) is 16.2 Å². The van der Waals surface area contributed by atoms with Gasteiger partial charge in [0.25, 0.3) is 5.91 Å². The van der Waals surface area contributed by atoms with Crippen LogP contribution in [0.5, 0.6) is 0 Å². The molecule has 0 aromatic carbocycles. The number of ether oxygens (including phenoxy) is 1. The lowest BCUT2D eigenvalue weighted by atomic mass is 10.3. The Labute approximate surface area is 121 Å². The van der Waals surface area contributed by atoms with E-state index >= 15 is 0 Å². The van der Waals surface area contributed by atoms with Crippen LogP contribution >= 0.6 is 11.3 Å². The number of carbonyl (C=O) groups excluding carboxylic acids is 2. The van der Waals surface area contributed by atoms with Crippen molar-refractivity contribution in [2.75, 3.05) is 20.2 Å². The van der Waals surface area contributed by atoms with Crippen LogP contribution in [0.2, 0.25) is 0 Å². The molecule has 0 aliphatic heterocycles. The first-order valence-corrected chi connectivity index (χ1v) is 7.13.